The number of rotatable bonds is 8. The Labute approximate surface area is 127 Å². The lowest BCUT2D eigenvalue weighted by molar-refractivity contribution is 0.405. The maximum absolute atomic E-state index is 5.44. The number of hydrogen-bond acceptors (Lipinski definition) is 3. The second kappa shape index (κ2) is 7.84. The Morgan fingerprint density at radius 1 is 1.29 bits per heavy atom. The number of para-hydroxylation sites is 1. The number of likely N-dealkylation sites (N-methyl/N-ethyl adjacent to an activating group) is 1. The molecular weight excluding hydrogens is 262 g/mol. The van der Waals surface area contributed by atoms with E-state index in [0.29, 0.717) is 6.04 Å². The van der Waals surface area contributed by atoms with Gasteiger partial charge in [-0.2, -0.15) is 0 Å². The molecule has 0 bridgehead atoms. The molecule has 0 aliphatic rings. The molecule has 21 heavy (non-hydrogen) atoms. The first-order chi connectivity index (χ1) is 10.3. The molecule has 1 N–H and O–H groups in total. The molecule has 2 aromatic rings. The van der Waals surface area contributed by atoms with Crippen LogP contribution in [0.2, 0.25) is 0 Å². The molecule has 0 amide bonds. The lowest BCUT2D eigenvalue weighted by Crippen LogP contribution is -2.31. The van der Waals surface area contributed by atoms with Crippen molar-refractivity contribution in [3.05, 3.63) is 48.0 Å². The Morgan fingerprint density at radius 3 is 2.81 bits per heavy atom. The number of nitrogens with zero attached hydrogens (tertiary/aromatic N) is 2. The molecule has 2 rings (SSSR count). The fraction of sp³-hybridized carbons (Fsp3) is 0.471. The summed E-state index contributed by atoms with van der Waals surface area (Å²) in [5.74, 6) is 2.10. The minimum absolute atomic E-state index is 0.347. The fourth-order valence-electron chi connectivity index (χ4n) is 2.61. The highest BCUT2D eigenvalue weighted by atomic mass is 16.5. The molecule has 1 heterocycles. The summed E-state index contributed by atoms with van der Waals surface area (Å²) in [5, 5.41) is 3.40. The van der Waals surface area contributed by atoms with E-state index in [1.807, 2.05) is 25.4 Å². The molecule has 1 unspecified atom stereocenters. The van der Waals surface area contributed by atoms with Crippen LogP contribution in [0.4, 0.5) is 0 Å². The molecule has 4 heteroatoms. The molecule has 0 saturated carbocycles. The predicted molar refractivity (Wildman–Crippen MR) is 85.8 cm³/mol. The lowest BCUT2D eigenvalue weighted by atomic mass is 10.0. The van der Waals surface area contributed by atoms with Crippen molar-refractivity contribution < 1.29 is 4.74 Å². The molecular formula is C17H25N3O. The maximum Gasteiger partial charge on any atom is 0.122 e. The quantitative estimate of drug-likeness (QED) is 0.811. The number of nitrogens with one attached hydrogen (secondary N) is 1. The van der Waals surface area contributed by atoms with E-state index in [-0.39, 0.29) is 0 Å². The average molecular weight is 287 g/mol. The van der Waals surface area contributed by atoms with Crippen LogP contribution in [-0.4, -0.2) is 29.8 Å². The van der Waals surface area contributed by atoms with Gasteiger partial charge in [-0.15, -0.1) is 0 Å². The van der Waals surface area contributed by atoms with Gasteiger partial charge in [0.25, 0.3) is 0 Å². The Morgan fingerprint density at radius 2 is 2.10 bits per heavy atom. The van der Waals surface area contributed by atoms with E-state index in [1.54, 1.807) is 7.11 Å². The van der Waals surface area contributed by atoms with E-state index in [0.717, 1.165) is 37.4 Å². The molecule has 0 aliphatic heterocycles. The number of aromatic nitrogens is 2. The van der Waals surface area contributed by atoms with Crippen molar-refractivity contribution in [1.29, 1.82) is 0 Å². The Bertz CT molecular complexity index is 550. The predicted octanol–water partition coefficient (Wildman–Crippen LogP) is 2.67. The van der Waals surface area contributed by atoms with Gasteiger partial charge in [-0.3, -0.25) is 0 Å². The largest absolute Gasteiger partial charge is 0.496 e. The van der Waals surface area contributed by atoms with Gasteiger partial charge >= 0.3 is 0 Å². The number of methoxy groups -OCH3 is 1. The zero-order valence-corrected chi connectivity index (χ0v) is 13.2. The zero-order valence-electron chi connectivity index (χ0n) is 13.2. The van der Waals surface area contributed by atoms with E-state index >= 15 is 0 Å². The van der Waals surface area contributed by atoms with Crippen molar-refractivity contribution in [1.82, 2.24) is 14.9 Å². The lowest BCUT2D eigenvalue weighted by Gasteiger charge is -2.18. The zero-order chi connectivity index (χ0) is 15.1. The average Bonchev–Trinajstić information content (AvgIpc) is 2.94. The van der Waals surface area contributed by atoms with Gasteiger partial charge in [-0.25, -0.2) is 4.98 Å². The van der Waals surface area contributed by atoms with Crippen molar-refractivity contribution in [2.45, 2.75) is 38.8 Å². The normalized spacial score (nSPS) is 12.3. The van der Waals surface area contributed by atoms with Crippen LogP contribution < -0.4 is 10.1 Å². The molecule has 1 aromatic carbocycles. The summed E-state index contributed by atoms with van der Waals surface area (Å²) in [7, 11) is 3.73. The first-order valence-corrected chi connectivity index (χ1v) is 7.57. The first-order valence-electron chi connectivity index (χ1n) is 7.57. The molecule has 0 saturated heterocycles. The molecule has 1 aromatic heterocycles. The Kier molecular flexibility index (Phi) is 5.81. The third kappa shape index (κ3) is 4.08. The minimum Gasteiger partial charge on any atom is -0.496 e. The van der Waals surface area contributed by atoms with Crippen LogP contribution in [-0.2, 0) is 19.4 Å². The van der Waals surface area contributed by atoms with Crippen LogP contribution in [0.5, 0.6) is 5.75 Å². The summed E-state index contributed by atoms with van der Waals surface area (Å²) in [6.45, 7) is 3.22. The van der Waals surface area contributed by atoms with Crippen molar-refractivity contribution in [2.75, 3.05) is 14.2 Å². The van der Waals surface area contributed by atoms with Crippen LogP contribution in [0.1, 0.15) is 24.7 Å². The fourth-order valence-corrected chi connectivity index (χ4v) is 2.61. The van der Waals surface area contributed by atoms with Gasteiger partial charge in [0.2, 0.25) is 0 Å². The second-order valence-electron chi connectivity index (χ2n) is 5.24. The summed E-state index contributed by atoms with van der Waals surface area (Å²) in [5.41, 5.74) is 1.23. The third-order valence-corrected chi connectivity index (χ3v) is 3.76. The van der Waals surface area contributed by atoms with Crippen molar-refractivity contribution >= 4 is 0 Å². The number of aryl methyl sites for hydroxylation is 1. The van der Waals surface area contributed by atoms with E-state index in [2.05, 4.69) is 40.1 Å². The maximum atomic E-state index is 5.44. The Hall–Kier alpha value is -1.81. The number of ether oxygens (including phenoxy) is 1. The molecule has 0 radical (unpaired) electrons. The highest BCUT2D eigenvalue weighted by Crippen LogP contribution is 2.20. The first kappa shape index (κ1) is 15.6. The third-order valence-electron chi connectivity index (χ3n) is 3.76. The van der Waals surface area contributed by atoms with Gasteiger partial charge in [-0.05, 0) is 31.5 Å². The van der Waals surface area contributed by atoms with E-state index in [1.165, 1.54) is 5.56 Å². The summed E-state index contributed by atoms with van der Waals surface area (Å²) in [6.07, 6.45) is 6.93. The topological polar surface area (TPSA) is 39.1 Å². The molecule has 4 nitrogen and oxygen atoms in total. The van der Waals surface area contributed by atoms with Crippen LogP contribution in [0.15, 0.2) is 36.7 Å². The van der Waals surface area contributed by atoms with E-state index in [9.17, 15) is 0 Å². The minimum atomic E-state index is 0.347. The van der Waals surface area contributed by atoms with Crippen molar-refractivity contribution in [2.24, 2.45) is 0 Å². The number of imidazole rings is 1. The SMILES string of the molecule is CCCn1ccnc1CC(Cc1ccccc1OC)NC. The van der Waals surface area contributed by atoms with Crippen LogP contribution in [0.25, 0.3) is 0 Å². The highest BCUT2D eigenvalue weighted by molar-refractivity contribution is 5.34. The summed E-state index contributed by atoms with van der Waals surface area (Å²) >= 11 is 0. The molecule has 0 fully saturated rings. The summed E-state index contributed by atoms with van der Waals surface area (Å²) in [4.78, 5) is 4.50. The van der Waals surface area contributed by atoms with Gasteiger partial charge in [0, 0.05) is 31.4 Å². The van der Waals surface area contributed by atoms with Gasteiger partial charge < -0.3 is 14.6 Å². The van der Waals surface area contributed by atoms with Gasteiger partial charge in [0.1, 0.15) is 11.6 Å². The van der Waals surface area contributed by atoms with Crippen LogP contribution in [0, 0.1) is 0 Å². The molecule has 0 spiro atoms. The Balaban J connectivity index is 2.08. The van der Waals surface area contributed by atoms with E-state index < -0.39 is 0 Å². The molecule has 1 atom stereocenters. The smallest absolute Gasteiger partial charge is 0.122 e. The molecule has 114 valence electrons. The number of hydrogen-bond donors (Lipinski definition) is 1. The van der Waals surface area contributed by atoms with Gasteiger partial charge in [-0.1, -0.05) is 25.1 Å². The summed E-state index contributed by atoms with van der Waals surface area (Å²) in [6, 6.07) is 8.55. The van der Waals surface area contributed by atoms with Crippen LogP contribution >= 0.6 is 0 Å². The van der Waals surface area contributed by atoms with E-state index in [4.69, 9.17) is 4.74 Å². The standard InChI is InChI=1S/C17H25N3O/c1-4-10-20-11-9-19-17(20)13-15(18-2)12-14-7-5-6-8-16(14)21-3/h5-9,11,15,18H,4,10,12-13H2,1-3H3. The highest BCUT2D eigenvalue weighted by Gasteiger charge is 2.14. The van der Waals surface area contributed by atoms with Gasteiger partial charge in [0.15, 0.2) is 0 Å². The van der Waals surface area contributed by atoms with Crippen molar-refractivity contribution in [3.8, 4) is 5.75 Å². The van der Waals surface area contributed by atoms with Crippen molar-refractivity contribution in [3.63, 3.8) is 0 Å². The van der Waals surface area contributed by atoms with Gasteiger partial charge in [0.05, 0.1) is 7.11 Å². The van der Waals surface area contributed by atoms with Crippen LogP contribution in [0.3, 0.4) is 0 Å². The summed E-state index contributed by atoms with van der Waals surface area (Å²) < 4.78 is 7.68. The second-order valence-corrected chi connectivity index (χ2v) is 5.24. The monoisotopic (exact) mass is 287 g/mol. The molecule has 0 aliphatic carbocycles. The number of benzene rings is 1.